The van der Waals surface area contributed by atoms with Crippen LogP contribution >= 0.6 is 11.8 Å². The number of nitrogens with zero attached hydrogens (tertiary/aromatic N) is 2. The summed E-state index contributed by atoms with van der Waals surface area (Å²) in [6, 6.07) is 13.3. The Bertz CT molecular complexity index is 943. The predicted octanol–water partition coefficient (Wildman–Crippen LogP) is 2.76. The maximum Gasteiger partial charge on any atom is 0.324 e. The van der Waals surface area contributed by atoms with Gasteiger partial charge in [-0.25, -0.2) is 4.79 Å². The third-order valence-electron chi connectivity index (χ3n) is 4.21. The SMILES string of the molecule is CN(C)C(=O)Sc1ccc(NC(=O)c2ccccc2CN2C(=O)CNC2=O)cc1. The highest BCUT2D eigenvalue weighted by atomic mass is 32.2. The summed E-state index contributed by atoms with van der Waals surface area (Å²) in [5.74, 6) is -0.678. The van der Waals surface area contributed by atoms with Gasteiger partial charge >= 0.3 is 6.03 Å². The van der Waals surface area contributed by atoms with Crippen molar-refractivity contribution in [2.45, 2.75) is 11.4 Å². The fourth-order valence-corrected chi connectivity index (χ4v) is 3.32. The highest BCUT2D eigenvalue weighted by Gasteiger charge is 2.29. The smallest absolute Gasteiger partial charge is 0.324 e. The Morgan fingerprint density at radius 3 is 2.41 bits per heavy atom. The third kappa shape index (κ3) is 4.94. The number of urea groups is 1. The molecule has 2 aromatic carbocycles. The summed E-state index contributed by atoms with van der Waals surface area (Å²) in [6.07, 6.45) is 0. The number of carbonyl (C=O) groups is 4. The quantitative estimate of drug-likeness (QED) is 0.581. The average Bonchev–Trinajstić information content (AvgIpc) is 3.01. The van der Waals surface area contributed by atoms with Crippen LogP contribution in [0, 0.1) is 0 Å². The van der Waals surface area contributed by atoms with Crippen molar-refractivity contribution in [3.63, 3.8) is 0 Å². The number of rotatable bonds is 5. The van der Waals surface area contributed by atoms with Crippen LogP contribution in [0.1, 0.15) is 15.9 Å². The van der Waals surface area contributed by atoms with E-state index in [9.17, 15) is 19.2 Å². The van der Waals surface area contributed by atoms with Crippen LogP contribution < -0.4 is 10.6 Å². The standard InChI is InChI=1S/C20H20N4O4S/c1-23(2)20(28)29-15-9-7-14(8-10-15)22-18(26)16-6-4-3-5-13(16)12-24-17(25)11-21-19(24)27/h3-10H,11-12H2,1-2H3,(H,21,27)(H,22,26). The number of hydrogen-bond acceptors (Lipinski definition) is 5. The highest BCUT2D eigenvalue weighted by molar-refractivity contribution is 8.13. The lowest BCUT2D eigenvalue weighted by Crippen LogP contribution is -2.31. The van der Waals surface area contributed by atoms with Gasteiger partial charge in [-0.1, -0.05) is 18.2 Å². The zero-order valence-electron chi connectivity index (χ0n) is 16.0. The highest BCUT2D eigenvalue weighted by Crippen LogP contribution is 2.23. The summed E-state index contributed by atoms with van der Waals surface area (Å²) in [6.45, 7) is -0.00956. The molecule has 5 amide bonds. The zero-order chi connectivity index (χ0) is 21.0. The monoisotopic (exact) mass is 412 g/mol. The number of carbonyl (C=O) groups excluding carboxylic acids is 4. The van der Waals surface area contributed by atoms with E-state index in [0.29, 0.717) is 16.8 Å². The number of anilines is 1. The average molecular weight is 412 g/mol. The number of benzene rings is 2. The first kappa shape index (κ1) is 20.4. The predicted molar refractivity (Wildman–Crippen MR) is 110 cm³/mol. The van der Waals surface area contributed by atoms with Crippen LogP contribution in [0.4, 0.5) is 15.3 Å². The molecule has 0 radical (unpaired) electrons. The fourth-order valence-electron chi connectivity index (χ4n) is 2.66. The number of nitrogens with one attached hydrogen (secondary N) is 2. The van der Waals surface area contributed by atoms with Gasteiger partial charge in [0, 0.05) is 30.2 Å². The lowest BCUT2D eigenvalue weighted by atomic mass is 10.1. The van der Waals surface area contributed by atoms with Crippen LogP contribution in [0.15, 0.2) is 53.4 Å². The number of imide groups is 1. The fraction of sp³-hybridized carbons (Fsp3) is 0.200. The molecular weight excluding hydrogens is 392 g/mol. The Labute approximate surface area is 172 Å². The molecule has 0 unspecified atom stereocenters. The summed E-state index contributed by atoms with van der Waals surface area (Å²) in [5.41, 5.74) is 1.52. The molecule has 8 nitrogen and oxygen atoms in total. The van der Waals surface area contributed by atoms with Gasteiger partial charge in [0.15, 0.2) is 0 Å². The summed E-state index contributed by atoms with van der Waals surface area (Å²) in [7, 11) is 3.36. The Kier molecular flexibility index (Phi) is 6.18. The molecule has 3 rings (SSSR count). The van der Waals surface area contributed by atoms with E-state index >= 15 is 0 Å². The van der Waals surface area contributed by atoms with Crippen molar-refractivity contribution < 1.29 is 19.2 Å². The molecule has 1 aliphatic heterocycles. The molecule has 0 saturated carbocycles. The van der Waals surface area contributed by atoms with Gasteiger partial charge < -0.3 is 15.5 Å². The van der Waals surface area contributed by atoms with Gasteiger partial charge in [0.2, 0.25) is 5.91 Å². The first-order valence-corrected chi connectivity index (χ1v) is 9.63. The van der Waals surface area contributed by atoms with Gasteiger partial charge in [0.25, 0.3) is 11.1 Å². The second-order valence-electron chi connectivity index (χ2n) is 6.54. The van der Waals surface area contributed by atoms with E-state index < -0.39 is 6.03 Å². The maximum absolute atomic E-state index is 12.7. The van der Waals surface area contributed by atoms with E-state index in [1.807, 2.05) is 0 Å². The molecule has 0 aliphatic carbocycles. The van der Waals surface area contributed by atoms with Crippen molar-refractivity contribution >= 4 is 40.5 Å². The lowest BCUT2D eigenvalue weighted by molar-refractivity contribution is -0.125. The second-order valence-corrected chi connectivity index (χ2v) is 7.56. The Morgan fingerprint density at radius 2 is 1.79 bits per heavy atom. The molecule has 0 aromatic heterocycles. The first-order chi connectivity index (χ1) is 13.8. The van der Waals surface area contributed by atoms with E-state index in [1.165, 1.54) is 4.90 Å². The van der Waals surface area contributed by atoms with Gasteiger partial charge in [-0.15, -0.1) is 0 Å². The molecule has 9 heteroatoms. The van der Waals surface area contributed by atoms with E-state index in [0.717, 1.165) is 21.6 Å². The van der Waals surface area contributed by atoms with Gasteiger partial charge in [-0.3, -0.25) is 19.3 Å². The van der Waals surface area contributed by atoms with E-state index in [-0.39, 0.29) is 30.1 Å². The largest absolute Gasteiger partial charge is 0.339 e. The van der Waals surface area contributed by atoms with Gasteiger partial charge in [-0.05, 0) is 47.7 Å². The Balaban J connectivity index is 1.70. The Hall–Kier alpha value is -3.33. The number of amides is 5. The Morgan fingerprint density at radius 1 is 1.10 bits per heavy atom. The van der Waals surface area contributed by atoms with Crippen molar-refractivity contribution in [1.29, 1.82) is 0 Å². The molecule has 1 heterocycles. The van der Waals surface area contributed by atoms with Crippen molar-refractivity contribution in [2.75, 3.05) is 26.0 Å². The molecule has 2 aromatic rings. The molecule has 1 aliphatic rings. The molecule has 0 spiro atoms. The normalized spacial score (nSPS) is 13.2. The van der Waals surface area contributed by atoms with Crippen LogP contribution in [0.2, 0.25) is 0 Å². The summed E-state index contributed by atoms with van der Waals surface area (Å²) >= 11 is 1.10. The van der Waals surface area contributed by atoms with E-state index in [2.05, 4.69) is 10.6 Å². The topological polar surface area (TPSA) is 98.8 Å². The molecule has 0 bridgehead atoms. The zero-order valence-corrected chi connectivity index (χ0v) is 16.8. The van der Waals surface area contributed by atoms with Crippen molar-refractivity contribution in [3.8, 4) is 0 Å². The summed E-state index contributed by atoms with van der Waals surface area (Å²) in [5, 5.41) is 5.18. The van der Waals surface area contributed by atoms with E-state index in [4.69, 9.17) is 0 Å². The number of hydrogen-bond donors (Lipinski definition) is 2. The van der Waals surface area contributed by atoms with Crippen LogP contribution in [-0.4, -0.2) is 53.5 Å². The van der Waals surface area contributed by atoms with Crippen molar-refractivity contribution in [3.05, 3.63) is 59.7 Å². The van der Waals surface area contributed by atoms with E-state index in [1.54, 1.807) is 62.6 Å². The minimum absolute atomic E-state index is 0.0243. The molecule has 29 heavy (non-hydrogen) atoms. The summed E-state index contributed by atoms with van der Waals surface area (Å²) < 4.78 is 0. The van der Waals surface area contributed by atoms with Crippen molar-refractivity contribution in [2.24, 2.45) is 0 Å². The van der Waals surface area contributed by atoms with Crippen LogP contribution in [-0.2, 0) is 11.3 Å². The molecular formula is C20H20N4O4S. The van der Waals surface area contributed by atoms with Gasteiger partial charge in [0.1, 0.15) is 0 Å². The molecule has 1 fully saturated rings. The first-order valence-electron chi connectivity index (χ1n) is 8.82. The van der Waals surface area contributed by atoms with Crippen molar-refractivity contribution in [1.82, 2.24) is 15.1 Å². The minimum atomic E-state index is -0.467. The third-order valence-corrected chi connectivity index (χ3v) is 5.26. The second kappa shape index (κ2) is 8.78. The molecule has 2 N–H and O–H groups in total. The van der Waals surface area contributed by atoms with Crippen LogP contribution in [0.5, 0.6) is 0 Å². The van der Waals surface area contributed by atoms with Crippen LogP contribution in [0.3, 0.4) is 0 Å². The number of thioether (sulfide) groups is 1. The summed E-state index contributed by atoms with van der Waals surface area (Å²) in [4.78, 5) is 51.4. The maximum atomic E-state index is 12.7. The molecule has 0 atom stereocenters. The molecule has 150 valence electrons. The van der Waals surface area contributed by atoms with Gasteiger partial charge in [-0.2, -0.15) is 0 Å². The minimum Gasteiger partial charge on any atom is -0.339 e. The lowest BCUT2D eigenvalue weighted by Gasteiger charge is -2.15. The van der Waals surface area contributed by atoms with Gasteiger partial charge in [0.05, 0.1) is 13.1 Å². The van der Waals surface area contributed by atoms with Crippen LogP contribution in [0.25, 0.3) is 0 Å². The molecule has 1 saturated heterocycles.